The van der Waals surface area contributed by atoms with E-state index in [0.717, 1.165) is 54.5 Å². The number of hydrogen-bond acceptors (Lipinski definition) is 4. The van der Waals surface area contributed by atoms with Gasteiger partial charge in [0, 0.05) is 54.4 Å². The van der Waals surface area contributed by atoms with E-state index in [-0.39, 0.29) is 0 Å². The van der Waals surface area contributed by atoms with Gasteiger partial charge in [-0.25, -0.2) is 0 Å². The van der Waals surface area contributed by atoms with Crippen molar-refractivity contribution >= 4 is 16.6 Å². The molecule has 1 saturated heterocycles. The number of nitrogens with zero attached hydrogens (tertiary/aromatic N) is 2. The third-order valence-electron chi connectivity index (χ3n) is 7.68. The molecule has 0 aliphatic carbocycles. The summed E-state index contributed by atoms with van der Waals surface area (Å²) in [5.41, 5.74) is 8.53. The van der Waals surface area contributed by atoms with Crippen molar-refractivity contribution in [3.63, 3.8) is 0 Å². The summed E-state index contributed by atoms with van der Waals surface area (Å²) < 4.78 is 11.0. The largest absolute Gasteiger partial charge is 0.493 e. The van der Waals surface area contributed by atoms with Crippen molar-refractivity contribution in [1.29, 1.82) is 0 Å². The van der Waals surface area contributed by atoms with E-state index < -0.39 is 0 Å². The standard InChI is InChI=1S/C32H39N3O2/c1-21(2)31-27-19-24(23-8-7-9-26(18-23)35-16-14-34(15-17-35)22(3)4)10-12-28(27)33-32(31)25-11-13-29(36-5)30(20-25)37-6/h7-13,18-22,33H,14-17H2,1-6H3. The normalized spacial score (nSPS) is 14.6. The zero-order chi connectivity index (χ0) is 26.1. The number of anilines is 1. The number of rotatable bonds is 7. The molecule has 3 aromatic carbocycles. The molecule has 1 N–H and O–H groups in total. The van der Waals surface area contributed by atoms with Crippen LogP contribution in [0.5, 0.6) is 11.5 Å². The number of piperazine rings is 1. The fourth-order valence-corrected chi connectivity index (χ4v) is 5.59. The number of hydrogen-bond donors (Lipinski definition) is 1. The monoisotopic (exact) mass is 497 g/mol. The minimum atomic E-state index is 0.357. The molecular weight excluding hydrogens is 458 g/mol. The Morgan fingerprint density at radius 3 is 2.11 bits per heavy atom. The average Bonchev–Trinajstić information content (AvgIpc) is 3.32. The van der Waals surface area contributed by atoms with Gasteiger partial charge in [0.25, 0.3) is 0 Å². The van der Waals surface area contributed by atoms with Crippen LogP contribution in [0.15, 0.2) is 60.7 Å². The van der Waals surface area contributed by atoms with Crippen molar-refractivity contribution in [2.75, 3.05) is 45.3 Å². The maximum atomic E-state index is 5.58. The zero-order valence-corrected chi connectivity index (χ0v) is 23.0. The Balaban J connectivity index is 1.51. The predicted octanol–water partition coefficient (Wildman–Crippen LogP) is 7.17. The van der Waals surface area contributed by atoms with Gasteiger partial charge in [0.05, 0.1) is 19.9 Å². The molecular formula is C32H39N3O2. The van der Waals surface area contributed by atoms with Crippen molar-refractivity contribution in [3.8, 4) is 33.9 Å². The molecule has 5 nitrogen and oxygen atoms in total. The Kier molecular flexibility index (Phi) is 7.16. The Morgan fingerprint density at radius 1 is 0.730 bits per heavy atom. The minimum absolute atomic E-state index is 0.357. The molecule has 1 fully saturated rings. The van der Waals surface area contributed by atoms with Crippen LogP contribution < -0.4 is 14.4 Å². The van der Waals surface area contributed by atoms with Crippen molar-refractivity contribution < 1.29 is 9.47 Å². The van der Waals surface area contributed by atoms with E-state index in [1.165, 1.54) is 27.8 Å². The Labute approximate surface area is 221 Å². The van der Waals surface area contributed by atoms with Crippen molar-refractivity contribution in [2.45, 2.75) is 39.7 Å². The van der Waals surface area contributed by atoms with Gasteiger partial charge in [0.15, 0.2) is 11.5 Å². The molecule has 0 bridgehead atoms. The number of fused-ring (bicyclic) bond motifs is 1. The van der Waals surface area contributed by atoms with E-state index >= 15 is 0 Å². The van der Waals surface area contributed by atoms with Crippen LogP contribution in [0.4, 0.5) is 5.69 Å². The zero-order valence-electron chi connectivity index (χ0n) is 23.0. The van der Waals surface area contributed by atoms with Crippen molar-refractivity contribution in [2.24, 2.45) is 0 Å². The first kappa shape index (κ1) is 25.2. The van der Waals surface area contributed by atoms with Crippen LogP contribution in [-0.2, 0) is 0 Å². The van der Waals surface area contributed by atoms with Gasteiger partial charge in [-0.05, 0) is 78.9 Å². The highest BCUT2D eigenvalue weighted by atomic mass is 16.5. The first-order valence-electron chi connectivity index (χ1n) is 13.4. The Bertz CT molecular complexity index is 1380. The molecule has 0 amide bonds. The fourth-order valence-electron chi connectivity index (χ4n) is 5.59. The number of aromatic amines is 1. The summed E-state index contributed by atoms with van der Waals surface area (Å²) in [4.78, 5) is 8.78. The molecule has 194 valence electrons. The summed E-state index contributed by atoms with van der Waals surface area (Å²) in [6.07, 6.45) is 0. The number of nitrogens with one attached hydrogen (secondary N) is 1. The summed E-state index contributed by atoms with van der Waals surface area (Å²) in [7, 11) is 3.35. The molecule has 0 atom stereocenters. The lowest BCUT2D eigenvalue weighted by Crippen LogP contribution is -2.48. The smallest absolute Gasteiger partial charge is 0.161 e. The molecule has 0 saturated carbocycles. The van der Waals surface area contributed by atoms with E-state index in [1.54, 1.807) is 14.2 Å². The second-order valence-electron chi connectivity index (χ2n) is 10.6. The molecule has 0 radical (unpaired) electrons. The molecule has 2 heterocycles. The number of ether oxygens (including phenoxy) is 2. The molecule has 5 heteroatoms. The van der Waals surface area contributed by atoms with Crippen LogP contribution in [0.2, 0.25) is 0 Å². The first-order chi connectivity index (χ1) is 17.9. The Morgan fingerprint density at radius 2 is 1.43 bits per heavy atom. The highest BCUT2D eigenvalue weighted by Crippen LogP contribution is 2.40. The maximum absolute atomic E-state index is 5.58. The van der Waals surface area contributed by atoms with E-state index in [2.05, 4.69) is 97.1 Å². The lowest BCUT2D eigenvalue weighted by molar-refractivity contribution is 0.209. The molecule has 1 aliphatic rings. The van der Waals surface area contributed by atoms with Crippen LogP contribution in [0, 0.1) is 0 Å². The number of H-pyrrole nitrogens is 1. The molecule has 0 unspecified atom stereocenters. The molecule has 0 spiro atoms. The van der Waals surface area contributed by atoms with Gasteiger partial charge >= 0.3 is 0 Å². The summed E-state index contributed by atoms with van der Waals surface area (Å²) in [5.74, 6) is 1.83. The summed E-state index contributed by atoms with van der Waals surface area (Å²) >= 11 is 0. The quantitative estimate of drug-likeness (QED) is 0.294. The second-order valence-corrected chi connectivity index (χ2v) is 10.6. The van der Waals surface area contributed by atoms with Crippen LogP contribution in [0.1, 0.15) is 39.2 Å². The van der Waals surface area contributed by atoms with Crippen LogP contribution >= 0.6 is 0 Å². The van der Waals surface area contributed by atoms with Crippen LogP contribution in [-0.4, -0.2) is 56.3 Å². The van der Waals surface area contributed by atoms with Gasteiger partial charge in [-0.1, -0.05) is 32.0 Å². The highest BCUT2D eigenvalue weighted by Gasteiger charge is 2.20. The molecule has 37 heavy (non-hydrogen) atoms. The molecule has 5 rings (SSSR count). The van der Waals surface area contributed by atoms with Crippen molar-refractivity contribution in [3.05, 3.63) is 66.2 Å². The third kappa shape index (κ3) is 4.93. The van der Waals surface area contributed by atoms with Gasteiger partial charge in [-0.15, -0.1) is 0 Å². The van der Waals surface area contributed by atoms with E-state index in [0.29, 0.717) is 12.0 Å². The topological polar surface area (TPSA) is 40.7 Å². The number of methoxy groups -OCH3 is 2. The van der Waals surface area contributed by atoms with Gasteiger partial charge < -0.3 is 19.4 Å². The highest BCUT2D eigenvalue weighted by molar-refractivity contribution is 5.94. The van der Waals surface area contributed by atoms with Crippen LogP contribution in [0.3, 0.4) is 0 Å². The summed E-state index contributed by atoms with van der Waals surface area (Å²) in [6.45, 7) is 13.5. The minimum Gasteiger partial charge on any atom is -0.493 e. The van der Waals surface area contributed by atoms with Crippen LogP contribution in [0.25, 0.3) is 33.3 Å². The summed E-state index contributed by atoms with van der Waals surface area (Å²) in [5, 5.41) is 1.27. The molecule has 4 aromatic rings. The van der Waals surface area contributed by atoms with E-state index in [9.17, 15) is 0 Å². The first-order valence-corrected chi connectivity index (χ1v) is 13.4. The second kappa shape index (κ2) is 10.5. The SMILES string of the molecule is COc1ccc(-c2[nH]c3ccc(-c4cccc(N5CCN(C(C)C)CC5)c4)cc3c2C(C)C)cc1OC. The van der Waals surface area contributed by atoms with E-state index in [1.807, 2.05) is 6.07 Å². The fraction of sp³-hybridized carbons (Fsp3) is 0.375. The predicted molar refractivity (Wildman–Crippen MR) is 155 cm³/mol. The van der Waals surface area contributed by atoms with Gasteiger partial charge in [0.1, 0.15) is 0 Å². The summed E-state index contributed by atoms with van der Waals surface area (Å²) in [6, 6.07) is 22.6. The maximum Gasteiger partial charge on any atom is 0.161 e. The van der Waals surface area contributed by atoms with Crippen molar-refractivity contribution in [1.82, 2.24) is 9.88 Å². The van der Waals surface area contributed by atoms with E-state index in [4.69, 9.17) is 9.47 Å². The van der Waals surface area contributed by atoms with Gasteiger partial charge in [-0.2, -0.15) is 0 Å². The van der Waals surface area contributed by atoms with Gasteiger partial charge in [0.2, 0.25) is 0 Å². The number of aromatic nitrogens is 1. The lowest BCUT2D eigenvalue weighted by Gasteiger charge is -2.38. The van der Waals surface area contributed by atoms with Gasteiger partial charge in [-0.3, -0.25) is 4.90 Å². The third-order valence-corrected chi connectivity index (χ3v) is 7.68. The number of benzene rings is 3. The molecule has 1 aliphatic heterocycles. The molecule has 1 aromatic heterocycles. The Hall–Kier alpha value is -3.44. The average molecular weight is 498 g/mol. The lowest BCUT2D eigenvalue weighted by atomic mass is 9.94.